The summed E-state index contributed by atoms with van der Waals surface area (Å²) >= 11 is 12.7. The molecule has 2 N–H and O–H groups in total. The van der Waals surface area contributed by atoms with E-state index in [1.807, 2.05) is 12.1 Å². The number of rotatable bonds is 2. The fraction of sp³-hybridized carbons (Fsp3) is 0.261. The maximum absolute atomic E-state index is 13.3. The Bertz CT molecular complexity index is 1260. The van der Waals surface area contributed by atoms with Crippen molar-refractivity contribution >= 4 is 34.9 Å². The van der Waals surface area contributed by atoms with E-state index in [9.17, 15) is 9.90 Å². The van der Waals surface area contributed by atoms with Gasteiger partial charge >= 0.3 is 0 Å². The zero-order valence-electron chi connectivity index (χ0n) is 17.0. The van der Waals surface area contributed by atoms with Gasteiger partial charge in [-0.05, 0) is 36.1 Å². The molecule has 0 saturated carbocycles. The number of anilines is 1. The highest BCUT2D eigenvalue weighted by Crippen LogP contribution is 2.47. The second-order valence-corrected chi connectivity index (χ2v) is 9.62. The highest BCUT2D eigenvalue weighted by atomic mass is 35.5. The van der Waals surface area contributed by atoms with Gasteiger partial charge in [0.25, 0.3) is 0 Å². The van der Waals surface area contributed by atoms with Crippen LogP contribution in [0.25, 0.3) is 11.4 Å². The van der Waals surface area contributed by atoms with E-state index in [0.717, 1.165) is 11.3 Å². The van der Waals surface area contributed by atoms with E-state index in [-0.39, 0.29) is 16.9 Å². The fourth-order valence-electron chi connectivity index (χ4n) is 4.39. The Morgan fingerprint density at radius 2 is 1.97 bits per heavy atom. The molecule has 0 radical (unpaired) electrons. The topological polar surface area (TPSA) is 80.0 Å². The van der Waals surface area contributed by atoms with E-state index in [2.05, 4.69) is 24.1 Å². The Hall–Kier alpha value is -2.83. The van der Waals surface area contributed by atoms with E-state index in [4.69, 9.17) is 28.3 Å². The van der Waals surface area contributed by atoms with E-state index in [1.165, 1.54) is 0 Å². The van der Waals surface area contributed by atoms with Crippen LogP contribution in [0.3, 0.4) is 0 Å². The molecule has 1 atom stereocenters. The number of phenols is 1. The molecule has 5 rings (SSSR count). The standard InChI is InChI=1S/C23H20Cl2N4O2/c1-23(2)10-17-19(18(31)11-23)20(15-7-6-13(24)9-16(15)25)29-22(26-17)27-21(28-29)12-4-3-5-14(30)8-12/h3-9,20,30H,10-11H2,1-2H3,(H,26,27,28). The van der Waals surface area contributed by atoms with Crippen molar-refractivity contribution in [2.75, 3.05) is 5.32 Å². The van der Waals surface area contributed by atoms with Gasteiger partial charge in [0, 0.05) is 38.9 Å². The monoisotopic (exact) mass is 454 g/mol. The smallest absolute Gasteiger partial charge is 0.226 e. The van der Waals surface area contributed by atoms with Crippen molar-refractivity contribution in [1.29, 1.82) is 0 Å². The first-order valence-electron chi connectivity index (χ1n) is 9.96. The lowest BCUT2D eigenvalue weighted by atomic mass is 9.73. The molecular formula is C23H20Cl2N4O2. The van der Waals surface area contributed by atoms with Gasteiger partial charge in [-0.3, -0.25) is 4.79 Å². The van der Waals surface area contributed by atoms with Crippen molar-refractivity contribution in [2.24, 2.45) is 5.41 Å². The van der Waals surface area contributed by atoms with E-state index >= 15 is 0 Å². The number of benzene rings is 2. The number of nitrogens with one attached hydrogen (secondary N) is 1. The fourth-order valence-corrected chi connectivity index (χ4v) is 4.90. The van der Waals surface area contributed by atoms with E-state index in [0.29, 0.717) is 45.8 Å². The van der Waals surface area contributed by atoms with Crippen LogP contribution in [0.2, 0.25) is 10.0 Å². The third-order valence-corrected chi connectivity index (χ3v) is 6.26. The van der Waals surface area contributed by atoms with Gasteiger partial charge in [0.1, 0.15) is 11.8 Å². The molecule has 1 aliphatic carbocycles. The molecule has 31 heavy (non-hydrogen) atoms. The molecule has 0 saturated heterocycles. The largest absolute Gasteiger partial charge is 0.508 e. The number of aromatic nitrogens is 3. The summed E-state index contributed by atoms with van der Waals surface area (Å²) in [5.41, 5.74) is 2.76. The number of hydrogen-bond acceptors (Lipinski definition) is 5. The lowest BCUT2D eigenvalue weighted by Crippen LogP contribution is -2.36. The van der Waals surface area contributed by atoms with Gasteiger partial charge in [-0.25, -0.2) is 4.68 Å². The normalized spacial score (nSPS) is 19.6. The Labute approximate surface area is 189 Å². The molecule has 0 bridgehead atoms. The van der Waals surface area contributed by atoms with Gasteiger partial charge in [-0.1, -0.05) is 55.2 Å². The second-order valence-electron chi connectivity index (χ2n) is 8.78. The number of allylic oxidation sites excluding steroid dienone is 2. The van der Waals surface area contributed by atoms with Crippen molar-refractivity contribution in [3.63, 3.8) is 0 Å². The number of carbonyl (C=O) groups excluding carboxylic acids is 1. The maximum atomic E-state index is 13.3. The van der Waals surface area contributed by atoms with Gasteiger partial charge in [-0.15, -0.1) is 5.10 Å². The minimum absolute atomic E-state index is 0.0647. The summed E-state index contributed by atoms with van der Waals surface area (Å²) in [7, 11) is 0. The number of nitrogens with zero attached hydrogens (tertiary/aromatic N) is 3. The molecule has 0 amide bonds. The average molecular weight is 455 g/mol. The first-order chi connectivity index (χ1) is 14.7. The highest BCUT2D eigenvalue weighted by Gasteiger charge is 2.42. The Balaban J connectivity index is 1.71. The Kier molecular flexibility index (Phi) is 4.61. The minimum atomic E-state index is -0.516. The molecule has 2 aromatic carbocycles. The van der Waals surface area contributed by atoms with Gasteiger partial charge in [0.15, 0.2) is 11.6 Å². The quantitative estimate of drug-likeness (QED) is 0.525. The van der Waals surface area contributed by atoms with Crippen LogP contribution in [0.4, 0.5) is 5.95 Å². The maximum Gasteiger partial charge on any atom is 0.226 e. The lowest BCUT2D eigenvalue weighted by molar-refractivity contribution is -0.118. The van der Waals surface area contributed by atoms with Crippen LogP contribution in [-0.2, 0) is 4.79 Å². The third kappa shape index (κ3) is 3.50. The Morgan fingerprint density at radius 3 is 2.71 bits per heavy atom. The van der Waals surface area contributed by atoms with Crippen molar-refractivity contribution < 1.29 is 9.90 Å². The van der Waals surface area contributed by atoms with Crippen LogP contribution in [-0.4, -0.2) is 25.7 Å². The van der Waals surface area contributed by atoms with Crippen LogP contribution < -0.4 is 5.32 Å². The minimum Gasteiger partial charge on any atom is -0.508 e. The number of halogens is 2. The predicted octanol–water partition coefficient (Wildman–Crippen LogP) is 5.62. The van der Waals surface area contributed by atoms with Crippen LogP contribution >= 0.6 is 23.2 Å². The highest BCUT2D eigenvalue weighted by molar-refractivity contribution is 6.35. The number of ketones is 1. The average Bonchev–Trinajstić information content (AvgIpc) is 3.09. The van der Waals surface area contributed by atoms with Crippen molar-refractivity contribution in [3.8, 4) is 17.1 Å². The van der Waals surface area contributed by atoms with E-state index < -0.39 is 6.04 Å². The molecular weight excluding hydrogens is 435 g/mol. The number of aromatic hydroxyl groups is 1. The zero-order valence-corrected chi connectivity index (χ0v) is 18.5. The summed E-state index contributed by atoms with van der Waals surface area (Å²) in [6.45, 7) is 4.16. The molecule has 3 aromatic rings. The number of carbonyl (C=O) groups is 1. The molecule has 158 valence electrons. The van der Waals surface area contributed by atoms with Crippen LogP contribution in [0.15, 0.2) is 53.7 Å². The molecule has 1 aromatic heterocycles. The zero-order chi connectivity index (χ0) is 21.9. The summed E-state index contributed by atoms with van der Waals surface area (Å²) in [5, 5.41) is 18.9. The molecule has 1 aliphatic heterocycles. The molecule has 6 nitrogen and oxygen atoms in total. The summed E-state index contributed by atoms with van der Waals surface area (Å²) in [6.07, 6.45) is 1.16. The number of fused-ring (bicyclic) bond motifs is 1. The SMILES string of the molecule is CC1(C)CC(=O)C2=C(C1)Nc1nc(-c3cccc(O)c3)nn1C2c1ccc(Cl)cc1Cl. The van der Waals surface area contributed by atoms with Crippen LogP contribution in [0.1, 0.15) is 38.3 Å². The number of phenolic OH excluding ortho intramolecular Hbond substituents is 1. The first-order valence-corrected chi connectivity index (χ1v) is 10.7. The molecule has 2 heterocycles. The van der Waals surface area contributed by atoms with Crippen molar-refractivity contribution in [1.82, 2.24) is 14.8 Å². The summed E-state index contributed by atoms with van der Waals surface area (Å²) in [5.74, 6) is 1.17. The molecule has 0 fully saturated rings. The summed E-state index contributed by atoms with van der Waals surface area (Å²) < 4.78 is 1.70. The molecule has 8 heteroatoms. The molecule has 0 spiro atoms. The van der Waals surface area contributed by atoms with Gasteiger partial charge in [0.2, 0.25) is 5.95 Å². The van der Waals surface area contributed by atoms with Crippen molar-refractivity contribution in [3.05, 3.63) is 69.3 Å². The Morgan fingerprint density at radius 1 is 1.16 bits per heavy atom. The van der Waals surface area contributed by atoms with Gasteiger partial charge in [0.05, 0.1) is 0 Å². The molecule has 1 unspecified atom stereocenters. The summed E-state index contributed by atoms with van der Waals surface area (Å²) in [4.78, 5) is 17.9. The van der Waals surface area contributed by atoms with E-state index in [1.54, 1.807) is 35.0 Å². The third-order valence-electron chi connectivity index (χ3n) is 5.69. The number of Topliss-reactive ketones (excluding diaryl/α,β-unsaturated/α-hetero) is 1. The van der Waals surface area contributed by atoms with Crippen molar-refractivity contribution in [2.45, 2.75) is 32.7 Å². The van der Waals surface area contributed by atoms with Gasteiger partial charge < -0.3 is 10.4 Å². The summed E-state index contributed by atoms with van der Waals surface area (Å²) in [6, 6.07) is 11.5. The lowest BCUT2D eigenvalue weighted by Gasteiger charge is -2.38. The van der Waals surface area contributed by atoms with Gasteiger partial charge in [-0.2, -0.15) is 4.98 Å². The predicted molar refractivity (Wildman–Crippen MR) is 120 cm³/mol. The second kappa shape index (κ2) is 7.11. The number of hydrogen-bond donors (Lipinski definition) is 2. The van der Waals surface area contributed by atoms with Crippen LogP contribution in [0, 0.1) is 5.41 Å². The van der Waals surface area contributed by atoms with Crippen LogP contribution in [0.5, 0.6) is 5.75 Å². The molecule has 2 aliphatic rings. The first kappa shape index (κ1) is 20.1.